The van der Waals surface area contributed by atoms with Crippen molar-refractivity contribution < 1.29 is 18.7 Å². The maximum atomic E-state index is 12.4. The predicted molar refractivity (Wildman–Crippen MR) is 121 cm³/mol. The molecule has 3 rings (SSSR count). The normalized spacial score (nSPS) is 10.8. The number of nitriles is 1. The van der Waals surface area contributed by atoms with Crippen LogP contribution in [0.2, 0.25) is 10.0 Å². The topological polar surface area (TPSA) is 104 Å². The Morgan fingerprint density at radius 1 is 1.09 bits per heavy atom. The highest BCUT2D eigenvalue weighted by Gasteiger charge is 2.11. The van der Waals surface area contributed by atoms with Crippen LogP contribution in [0.5, 0.6) is 5.75 Å². The molecule has 2 N–H and O–H groups in total. The zero-order chi connectivity index (χ0) is 22.9. The van der Waals surface area contributed by atoms with E-state index in [9.17, 15) is 14.9 Å². The van der Waals surface area contributed by atoms with Crippen molar-refractivity contribution in [2.75, 3.05) is 11.9 Å². The van der Waals surface area contributed by atoms with E-state index in [4.69, 9.17) is 32.4 Å². The van der Waals surface area contributed by atoms with Crippen LogP contribution in [0.4, 0.5) is 5.69 Å². The fourth-order valence-corrected chi connectivity index (χ4v) is 2.84. The number of hydrogen-bond acceptors (Lipinski definition) is 5. The van der Waals surface area contributed by atoms with Crippen molar-refractivity contribution in [3.63, 3.8) is 0 Å². The van der Waals surface area contributed by atoms with Crippen LogP contribution in [0.15, 0.2) is 70.9 Å². The fraction of sp³-hybridized carbons (Fsp3) is 0.0870. The zero-order valence-electron chi connectivity index (χ0n) is 16.6. The molecular formula is C23H17Cl2N3O4. The molecular weight excluding hydrogens is 453 g/mol. The Balaban J connectivity index is 1.55. The van der Waals surface area contributed by atoms with Gasteiger partial charge in [-0.1, -0.05) is 35.3 Å². The molecule has 0 aliphatic heterocycles. The van der Waals surface area contributed by atoms with Gasteiger partial charge in [0.25, 0.3) is 11.8 Å². The van der Waals surface area contributed by atoms with Crippen molar-refractivity contribution in [2.24, 2.45) is 0 Å². The van der Waals surface area contributed by atoms with E-state index in [0.29, 0.717) is 27.8 Å². The van der Waals surface area contributed by atoms with Crippen molar-refractivity contribution in [1.82, 2.24) is 5.32 Å². The Morgan fingerprint density at radius 2 is 1.88 bits per heavy atom. The van der Waals surface area contributed by atoms with Crippen molar-refractivity contribution >= 4 is 46.8 Å². The lowest BCUT2D eigenvalue weighted by Crippen LogP contribution is -2.28. The Hall–Kier alpha value is -3.73. The van der Waals surface area contributed by atoms with E-state index in [1.807, 2.05) is 6.07 Å². The van der Waals surface area contributed by atoms with Crippen LogP contribution in [0, 0.1) is 11.3 Å². The second kappa shape index (κ2) is 11.0. The average molecular weight is 470 g/mol. The van der Waals surface area contributed by atoms with Crippen molar-refractivity contribution in [3.8, 4) is 11.8 Å². The molecule has 162 valence electrons. The monoisotopic (exact) mass is 469 g/mol. The summed E-state index contributed by atoms with van der Waals surface area (Å²) in [6, 6.07) is 16.6. The molecule has 7 nitrogen and oxygen atoms in total. The minimum atomic E-state index is -0.584. The molecule has 1 aromatic heterocycles. The van der Waals surface area contributed by atoms with Gasteiger partial charge in [-0.15, -0.1) is 0 Å². The maximum Gasteiger partial charge on any atom is 0.266 e. The van der Waals surface area contributed by atoms with Gasteiger partial charge in [-0.05, 0) is 54.1 Å². The Bertz CT molecular complexity index is 1170. The summed E-state index contributed by atoms with van der Waals surface area (Å²) in [7, 11) is 0. The Morgan fingerprint density at radius 3 is 2.53 bits per heavy atom. The third-order valence-corrected chi connectivity index (χ3v) is 4.88. The number of amides is 2. The number of nitrogens with zero attached hydrogens (tertiary/aromatic N) is 1. The van der Waals surface area contributed by atoms with Crippen LogP contribution in [0.25, 0.3) is 6.08 Å². The first kappa shape index (κ1) is 22.9. The number of ether oxygens (including phenoxy) is 1. The van der Waals surface area contributed by atoms with E-state index >= 15 is 0 Å². The van der Waals surface area contributed by atoms with Gasteiger partial charge in [0.05, 0.1) is 22.9 Å². The quantitative estimate of drug-likeness (QED) is 0.363. The van der Waals surface area contributed by atoms with Gasteiger partial charge in [-0.3, -0.25) is 9.59 Å². The molecule has 2 aromatic carbocycles. The first-order valence-electron chi connectivity index (χ1n) is 9.35. The summed E-state index contributed by atoms with van der Waals surface area (Å²) in [5.74, 6) is 0.232. The molecule has 0 aliphatic rings. The van der Waals surface area contributed by atoms with E-state index in [-0.39, 0.29) is 29.7 Å². The lowest BCUT2D eigenvalue weighted by molar-refractivity contribution is -0.123. The molecule has 0 unspecified atom stereocenters. The summed E-state index contributed by atoms with van der Waals surface area (Å²) >= 11 is 11.8. The molecule has 32 heavy (non-hydrogen) atoms. The van der Waals surface area contributed by atoms with Gasteiger partial charge >= 0.3 is 0 Å². The molecule has 0 spiro atoms. The summed E-state index contributed by atoms with van der Waals surface area (Å²) in [4.78, 5) is 24.2. The van der Waals surface area contributed by atoms with Crippen molar-refractivity contribution in [3.05, 3.63) is 87.8 Å². The maximum absolute atomic E-state index is 12.4. The SMILES string of the molecule is N#C/C(=C\c1ccc(OCC(=O)NCc2ccco2)cc1)C(=O)Nc1ccc(Cl)c(Cl)c1. The number of nitrogens with one attached hydrogen (secondary N) is 2. The van der Waals surface area contributed by atoms with Crippen LogP contribution < -0.4 is 15.4 Å². The summed E-state index contributed by atoms with van der Waals surface area (Å²) in [6.07, 6.45) is 2.97. The van der Waals surface area contributed by atoms with Crippen LogP contribution in [-0.4, -0.2) is 18.4 Å². The van der Waals surface area contributed by atoms with E-state index in [1.54, 1.807) is 48.5 Å². The van der Waals surface area contributed by atoms with E-state index in [1.165, 1.54) is 18.4 Å². The number of carbonyl (C=O) groups excluding carboxylic acids is 2. The largest absolute Gasteiger partial charge is 0.484 e. The first-order chi connectivity index (χ1) is 15.4. The van der Waals surface area contributed by atoms with Crippen LogP contribution >= 0.6 is 23.2 Å². The highest BCUT2D eigenvalue weighted by Crippen LogP contribution is 2.25. The smallest absolute Gasteiger partial charge is 0.266 e. The number of anilines is 1. The Labute approximate surface area is 194 Å². The molecule has 1 heterocycles. The standard InChI is InChI=1S/C23H17Cl2N3O4/c24-20-8-5-17(11-21(20)25)28-23(30)16(12-26)10-15-3-6-18(7-4-15)32-14-22(29)27-13-19-2-1-9-31-19/h1-11H,13-14H2,(H,27,29)(H,28,30)/b16-10+. The molecule has 3 aromatic rings. The number of hydrogen-bond donors (Lipinski definition) is 2. The van der Waals surface area contributed by atoms with E-state index < -0.39 is 5.91 Å². The molecule has 9 heteroatoms. The first-order valence-corrected chi connectivity index (χ1v) is 10.1. The molecule has 0 saturated heterocycles. The number of carbonyl (C=O) groups is 2. The number of rotatable bonds is 8. The molecule has 0 saturated carbocycles. The fourth-order valence-electron chi connectivity index (χ4n) is 2.55. The van der Waals surface area contributed by atoms with Crippen LogP contribution in [-0.2, 0) is 16.1 Å². The summed E-state index contributed by atoms with van der Waals surface area (Å²) in [5.41, 5.74) is 0.933. The molecule has 0 fully saturated rings. The van der Waals surface area contributed by atoms with Crippen molar-refractivity contribution in [1.29, 1.82) is 5.26 Å². The van der Waals surface area contributed by atoms with Gasteiger partial charge in [0.2, 0.25) is 0 Å². The zero-order valence-corrected chi connectivity index (χ0v) is 18.1. The second-order valence-corrected chi connectivity index (χ2v) is 7.28. The van der Waals surface area contributed by atoms with Gasteiger partial charge < -0.3 is 19.8 Å². The average Bonchev–Trinajstić information content (AvgIpc) is 3.31. The third kappa shape index (κ3) is 6.64. The molecule has 0 bridgehead atoms. The lowest BCUT2D eigenvalue weighted by Gasteiger charge is -2.07. The number of furan rings is 1. The van der Waals surface area contributed by atoms with Gasteiger partial charge in [0.15, 0.2) is 6.61 Å². The third-order valence-electron chi connectivity index (χ3n) is 4.14. The van der Waals surface area contributed by atoms with E-state index in [2.05, 4.69) is 10.6 Å². The number of halogens is 2. The summed E-state index contributed by atoms with van der Waals surface area (Å²) in [5, 5.41) is 15.3. The van der Waals surface area contributed by atoms with E-state index in [0.717, 1.165) is 0 Å². The predicted octanol–water partition coefficient (Wildman–Crippen LogP) is 4.83. The van der Waals surface area contributed by atoms with Gasteiger partial charge in [-0.25, -0.2) is 0 Å². The van der Waals surface area contributed by atoms with Gasteiger partial charge in [0.1, 0.15) is 23.2 Å². The Kier molecular flexibility index (Phi) is 7.92. The lowest BCUT2D eigenvalue weighted by atomic mass is 10.1. The second-order valence-electron chi connectivity index (χ2n) is 6.47. The molecule has 0 radical (unpaired) electrons. The van der Waals surface area contributed by atoms with Crippen LogP contribution in [0.3, 0.4) is 0 Å². The minimum Gasteiger partial charge on any atom is -0.484 e. The summed E-state index contributed by atoms with van der Waals surface area (Å²) < 4.78 is 10.6. The highest BCUT2D eigenvalue weighted by molar-refractivity contribution is 6.42. The molecule has 0 aliphatic carbocycles. The van der Waals surface area contributed by atoms with Gasteiger partial charge in [0, 0.05) is 5.69 Å². The highest BCUT2D eigenvalue weighted by atomic mass is 35.5. The number of benzene rings is 2. The van der Waals surface area contributed by atoms with Gasteiger partial charge in [-0.2, -0.15) is 5.26 Å². The summed E-state index contributed by atoms with van der Waals surface area (Å²) in [6.45, 7) is 0.117. The molecule has 0 atom stereocenters. The van der Waals surface area contributed by atoms with Crippen molar-refractivity contribution in [2.45, 2.75) is 6.54 Å². The molecule has 2 amide bonds. The minimum absolute atomic E-state index is 0.0953. The van der Waals surface area contributed by atoms with Crippen LogP contribution in [0.1, 0.15) is 11.3 Å².